The van der Waals surface area contributed by atoms with Gasteiger partial charge in [0, 0.05) is 23.0 Å². The van der Waals surface area contributed by atoms with E-state index in [1.807, 2.05) is 25.3 Å². The maximum atomic E-state index is 10.5. The van der Waals surface area contributed by atoms with E-state index in [1.54, 1.807) is 0 Å². The average molecular weight is 201 g/mol. The van der Waals surface area contributed by atoms with Gasteiger partial charge in [-0.15, -0.1) is 0 Å². The Labute approximate surface area is 89.3 Å². The number of nitrogens with one attached hydrogen (secondary N) is 1. The molecule has 2 aromatic rings. The molecular formula is C13H15NO. The predicted octanol–water partition coefficient (Wildman–Crippen LogP) is 2.94. The third kappa shape index (κ3) is 2.09. The molecule has 2 rings (SSSR count). The lowest BCUT2D eigenvalue weighted by Crippen LogP contribution is -1.97. The molecule has 0 saturated carbocycles. The summed E-state index contributed by atoms with van der Waals surface area (Å²) in [5.74, 6) is 0.152. The van der Waals surface area contributed by atoms with Crippen molar-refractivity contribution in [1.29, 1.82) is 0 Å². The minimum absolute atomic E-state index is 0.152. The van der Waals surface area contributed by atoms with E-state index in [1.165, 1.54) is 16.5 Å². The zero-order chi connectivity index (χ0) is 10.7. The van der Waals surface area contributed by atoms with Crippen molar-refractivity contribution in [1.82, 2.24) is 4.98 Å². The monoisotopic (exact) mass is 201 g/mol. The molecule has 1 atom stereocenters. The fraction of sp³-hybridized carbons (Fsp3) is 0.308. The van der Waals surface area contributed by atoms with Crippen LogP contribution in [0.5, 0.6) is 0 Å². The van der Waals surface area contributed by atoms with Crippen molar-refractivity contribution in [3.05, 3.63) is 36.0 Å². The van der Waals surface area contributed by atoms with Crippen LogP contribution < -0.4 is 0 Å². The van der Waals surface area contributed by atoms with Crippen molar-refractivity contribution in [2.75, 3.05) is 0 Å². The van der Waals surface area contributed by atoms with Crippen LogP contribution in [0.1, 0.15) is 18.9 Å². The fourth-order valence-electron chi connectivity index (χ4n) is 1.79. The first-order valence-corrected chi connectivity index (χ1v) is 5.31. The van der Waals surface area contributed by atoms with Crippen molar-refractivity contribution in [3.8, 4) is 0 Å². The molecule has 1 aromatic heterocycles. The molecule has 78 valence electrons. The van der Waals surface area contributed by atoms with E-state index in [2.05, 4.69) is 17.1 Å². The van der Waals surface area contributed by atoms with Crippen LogP contribution in [-0.4, -0.2) is 11.3 Å². The number of carbonyl (C=O) groups excluding carboxylic acids is 1. The molecular weight excluding hydrogens is 186 g/mol. The fourth-order valence-corrected chi connectivity index (χ4v) is 1.79. The highest BCUT2D eigenvalue weighted by atomic mass is 16.1. The highest BCUT2D eigenvalue weighted by Crippen LogP contribution is 2.19. The summed E-state index contributed by atoms with van der Waals surface area (Å²) in [4.78, 5) is 13.8. The van der Waals surface area contributed by atoms with Gasteiger partial charge in [0.25, 0.3) is 0 Å². The second-order valence-electron chi connectivity index (χ2n) is 4.01. The Balaban J connectivity index is 2.18. The highest BCUT2D eigenvalue weighted by molar-refractivity contribution is 5.83. The largest absolute Gasteiger partial charge is 0.361 e. The van der Waals surface area contributed by atoms with Gasteiger partial charge in [0.05, 0.1) is 0 Å². The number of aldehydes is 1. The van der Waals surface area contributed by atoms with Crippen LogP contribution in [0.4, 0.5) is 0 Å². The van der Waals surface area contributed by atoms with Crippen LogP contribution in [0, 0.1) is 5.92 Å². The topological polar surface area (TPSA) is 32.9 Å². The van der Waals surface area contributed by atoms with Gasteiger partial charge >= 0.3 is 0 Å². The number of aromatic amines is 1. The minimum Gasteiger partial charge on any atom is -0.361 e. The third-order valence-electron chi connectivity index (χ3n) is 2.78. The minimum atomic E-state index is 0.152. The molecule has 1 heterocycles. The van der Waals surface area contributed by atoms with Crippen molar-refractivity contribution < 1.29 is 4.79 Å². The zero-order valence-corrected chi connectivity index (χ0v) is 8.86. The number of aryl methyl sites for hydroxylation is 1. The quantitative estimate of drug-likeness (QED) is 0.758. The van der Waals surface area contributed by atoms with Crippen molar-refractivity contribution >= 4 is 17.2 Å². The molecule has 0 fully saturated rings. The number of rotatable bonds is 4. The molecule has 0 aliphatic rings. The van der Waals surface area contributed by atoms with E-state index < -0.39 is 0 Å². The number of hydrogen-bond acceptors (Lipinski definition) is 1. The van der Waals surface area contributed by atoms with Gasteiger partial charge < -0.3 is 9.78 Å². The van der Waals surface area contributed by atoms with Gasteiger partial charge in [0.15, 0.2) is 0 Å². The van der Waals surface area contributed by atoms with Crippen molar-refractivity contribution in [2.45, 2.75) is 19.8 Å². The Bertz CT molecular complexity index is 458. The van der Waals surface area contributed by atoms with E-state index in [4.69, 9.17) is 0 Å². The van der Waals surface area contributed by atoms with Gasteiger partial charge in [-0.25, -0.2) is 0 Å². The summed E-state index contributed by atoms with van der Waals surface area (Å²) in [5, 5.41) is 1.27. The second-order valence-corrected chi connectivity index (χ2v) is 4.01. The smallest absolute Gasteiger partial charge is 0.122 e. The number of benzene rings is 1. The Morgan fingerprint density at radius 3 is 3.00 bits per heavy atom. The SMILES string of the molecule is CC(C=O)CCc1c[nH]c2ccccc12. The molecule has 0 bridgehead atoms. The van der Waals surface area contributed by atoms with Gasteiger partial charge in [-0.05, 0) is 24.5 Å². The summed E-state index contributed by atoms with van der Waals surface area (Å²) in [7, 11) is 0. The van der Waals surface area contributed by atoms with Crippen LogP contribution in [0.3, 0.4) is 0 Å². The van der Waals surface area contributed by atoms with E-state index in [-0.39, 0.29) is 5.92 Å². The molecule has 1 N–H and O–H groups in total. The lowest BCUT2D eigenvalue weighted by molar-refractivity contribution is -0.110. The maximum absolute atomic E-state index is 10.5. The summed E-state index contributed by atoms with van der Waals surface area (Å²) in [6.45, 7) is 1.96. The molecule has 0 aliphatic heterocycles. The first kappa shape index (κ1) is 9.97. The Kier molecular flexibility index (Phi) is 2.86. The van der Waals surface area contributed by atoms with Gasteiger partial charge in [0.1, 0.15) is 6.29 Å². The van der Waals surface area contributed by atoms with Crippen LogP contribution in [0.25, 0.3) is 10.9 Å². The highest BCUT2D eigenvalue weighted by Gasteiger charge is 2.05. The summed E-state index contributed by atoms with van der Waals surface area (Å²) in [6.07, 6.45) is 4.95. The predicted molar refractivity (Wildman–Crippen MR) is 61.8 cm³/mol. The van der Waals surface area contributed by atoms with Gasteiger partial charge in [-0.3, -0.25) is 0 Å². The van der Waals surface area contributed by atoms with Crippen LogP contribution in [0.2, 0.25) is 0 Å². The molecule has 0 amide bonds. The number of para-hydroxylation sites is 1. The van der Waals surface area contributed by atoms with E-state index in [9.17, 15) is 4.79 Å². The summed E-state index contributed by atoms with van der Waals surface area (Å²) >= 11 is 0. The van der Waals surface area contributed by atoms with Crippen LogP contribution in [-0.2, 0) is 11.2 Å². The zero-order valence-electron chi connectivity index (χ0n) is 8.86. The molecule has 15 heavy (non-hydrogen) atoms. The van der Waals surface area contributed by atoms with Crippen molar-refractivity contribution in [3.63, 3.8) is 0 Å². The molecule has 2 heteroatoms. The second kappa shape index (κ2) is 4.30. The molecule has 0 radical (unpaired) electrons. The number of H-pyrrole nitrogens is 1. The number of fused-ring (bicyclic) bond motifs is 1. The maximum Gasteiger partial charge on any atom is 0.122 e. The molecule has 1 unspecified atom stereocenters. The van der Waals surface area contributed by atoms with Crippen LogP contribution in [0.15, 0.2) is 30.5 Å². The third-order valence-corrected chi connectivity index (χ3v) is 2.78. The average Bonchev–Trinajstić information content (AvgIpc) is 2.69. The van der Waals surface area contributed by atoms with E-state index in [0.29, 0.717) is 0 Å². The molecule has 1 aromatic carbocycles. The standard InChI is InChI=1S/C13H15NO/c1-10(9-15)6-7-11-8-14-13-5-3-2-4-12(11)13/h2-5,8-10,14H,6-7H2,1H3. The first-order valence-electron chi connectivity index (χ1n) is 5.31. The van der Waals surface area contributed by atoms with Gasteiger partial charge in [-0.2, -0.15) is 0 Å². The number of hydrogen-bond donors (Lipinski definition) is 1. The lowest BCUT2D eigenvalue weighted by atomic mass is 10.0. The summed E-state index contributed by atoms with van der Waals surface area (Å²) in [5.41, 5.74) is 2.48. The molecule has 0 aliphatic carbocycles. The normalized spacial score (nSPS) is 12.9. The summed E-state index contributed by atoms with van der Waals surface area (Å²) in [6, 6.07) is 8.26. The Morgan fingerprint density at radius 1 is 1.40 bits per heavy atom. The van der Waals surface area contributed by atoms with Crippen LogP contribution >= 0.6 is 0 Å². The Hall–Kier alpha value is -1.57. The lowest BCUT2D eigenvalue weighted by Gasteiger charge is -2.01. The van der Waals surface area contributed by atoms with Gasteiger partial charge in [0.2, 0.25) is 0 Å². The van der Waals surface area contributed by atoms with E-state index >= 15 is 0 Å². The van der Waals surface area contributed by atoms with Crippen molar-refractivity contribution in [2.24, 2.45) is 5.92 Å². The molecule has 0 saturated heterocycles. The number of aromatic nitrogens is 1. The molecule has 0 spiro atoms. The first-order chi connectivity index (χ1) is 7.31. The van der Waals surface area contributed by atoms with Gasteiger partial charge in [-0.1, -0.05) is 25.1 Å². The molecule has 2 nitrogen and oxygen atoms in total. The summed E-state index contributed by atoms with van der Waals surface area (Å²) < 4.78 is 0. The number of carbonyl (C=O) groups is 1. The Morgan fingerprint density at radius 2 is 2.20 bits per heavy atom. The van der Waals surface area contributed by atoms with E-state index in [0.717, 1.165) is 19.1 Å².